The van der Waals surface area contributed by atoms with Gasteiger partial charge in [0.15, 0.2) is 0 Å². The molecule has 0 N–H and O–H groups in total. The van der Waals surface area contributed by atoms with Gasteiger partial charge < -0.3 is 4.74 Å². The first kappa shape index (κ1) is 11.1. The molecule has 1 aliphatic heterocycles. The minimum atomic E-state index is 0.415. The van der Waals surface area contributed by atoms with Crippen molar-refractivity contribution in [2.24, 2.45) is 4.99 Å². The van der Waals surface area contributed by atoms with Gasteiger partial charge in [-0.25, -0.2) is 4.99 Å². The van der Waals surface area contributed by atoms with Gasteiger partial charge in [-0.1, -0.05) is 35.9 Å². The molecular formula is C14H17NOS. The van der Waals surface area contributed by atoms with E-state index in [9.17, 15) is 0 Å². The highest BCUT2D eigenvalue weighted by molar-refractivity contribution is 8.14. The van der Waals surface area contributed by atoms with Crippen molar-refractivity contribution in [1.29, 1.82) is 0 Å². The minimum Gasteiger partial charge on any atom is -0.468 e. The maximum Gasteiger partial charge on any atom is 0.251 e. The number of benzene rings is 1. The van der Waals surface area contributed by atoms with E-state index in [-0.39, 0.29) is 0 Å². The number of nitrogens with zero attached hydrogens (tertiary/aromatic N) is 1. The molecule has 1 saturated carbocycles. The second-order valence-electron chi connectivity index (χ2n) is 4.81. The third-order valence-corrected chi connectivity index (χ3v) is 4.63. The summed E-state index contributed by atoms with van der Waals surface area (Å²) in [5, 5.41) is 1.51. The van der Waals surface area contributed by atoms with Crippen LogP contribution in [0.5, 0.6) is 0 Å². The van der Waals surface area contributed by atoms with E-state index in [1.165, 1.54) is 31.2 Å². The van der Waals surface area contributed by atoms with Gasteiger partial charge in [0.05, 0.1) is 10.9 Å². The molecular weight excluding hydrogens is 230 g/mol. The molecule has 2 nitrogen and oxygen atoms in total. The summed E-state index contributed by atoms with van der Waals surface area (Å²) < 4.78 is 5.91. The molecule has 2 aliphatic rings. The number of rotatable bonds is 1. The van der Waals surface area contributed by atoms with E-state index in [0.717, 1.165) is 10.9 Å². The lowest BCUT2D eigenvalue weighted by Crippen LogP contribution is -2.23. The van der Waals surface area contributed by atoms with Crippen LogP contribution in [0.2, 0.25) is 0 Å². The normalized spacial score (nSPS) is 30.1. The van der Waals surface area contributed by atoms with Crippen molar-refractivity contribution in [2.45, 2.75) is 44.0 Å². The Morgan fingerprint density at radius 1 is 1.18 bits per heavy atom. The average Bonchev–Trinajstić information content (AvgIpc) is 2.74. The molecule has 1 aromatic carbocycles. The van der Waals surface area contributed by atoms with Crippen molar-refractivity contribution in [3.8, 4) is 0 Å². The van der Waals surface area contributed by atoms with E-state index in [4.69, 9.17) is 4.74 Å². The average molecular weight is 247 g/mol. The van der Waals surface area contributed by atoms with Crippen molar-refractivity contribution in [2.75, 3.05) is 0 Å². The summed E-state index contributed by atoms with van der Waals surface area (Å²) in [6.07, 6.45) is 5.54. The summed E-state index contributed by atoms with van der Waals surface area (Å²) in [5.41, 5.74) is 2.26. The minimum absolute atomic E-state index is 0.415. The quantitative estimate of drug-likeness (QED) is 0.746. The van der Waals surface area contributed by atoms with Crippen LogP contribution < -0.4 is 0 Å². The van der Waals surface area contributed by atoms with Crippen LogP contribution in [0, 0.1) is 6.92 Å². The van der Waals surface area contributed by atoms with Gasteiger partial charge in [-0.2, -0.15) is 0 Å². The van der Waals surface area contributed by atoms with Crippen LogP contribution in [0.1, 0.15) is 31.2 Å². The highest BCUT2D eigenvalue weighted by atomic mass is 32.2. The number of ether oxygens (including phenoxy) is 1. The third kappa shape index (κ3) is 2.49. The molecule has 1 aromatic rings. The molecule has 0 radical (unpaired) electrons. The number of aryl methyl sites for hydroxylation is 1. The molecule has 90 valence electrons. The Morgan fingerprint density at radius 3 is 2.71 bits per heavy atom. The predicted octanol–water partition coefficient (Wildman–Crippen LogP) is 4.06. The van der Waals surface area contributed by atoms with Gasteiger partial charge in [0.2, 0.25) is 0 Å². The van der Waals surface area contributed by atoms with E-state index in [2.05, 4.69) is 24.0 Å². The standard InChI is InChI=1S/C14H17NOS/c1-10-6-8-11(9-7-10)15-14-16-12-4-2-3-5-13(12)17-14/h6-9,12-13H,2-5H2,1H3. The molecule has 0 bridgehead atoms. The highest BCUT2D eigenvalue weighted by Gasteiger charge is 2.35. The predicted molar refractivity (Wildman–Crippen MR) is 73.0 cm³/mol. The maximum absolute atomic E-state index is 5.91. The Balaban J connectivity index is 1.74. The van der Waals surface area contributed by atoms with E-state index in [1.807, 2.05) is 23.9 Å². The summed E-state index contributed by atoms with van der Waals surface area (Å²) >= 11 is 1.82. The largest absolute Gasteiger partial charge is 0.468 e. The fraction of sp³-hybridized carbons (Fsp3) is 0.500. The van der Waals surface area contributed by atoms with Gasteiger partial charge >= 0.3 is 0 Å². The lowest BCUT2D eigenvalue weighted by atomic mass is 9.97. The summed E-state index contributed by atoms with van der Waals surface area (Å²) in [4.78, 5) is 4.58. The molecule has 17 heavy (non-hydrogen) atoms. The van der Waals surface area contributed by atoms with Crippen molar-refractivity contribution < 1.29 is 4.74 Å². The Hall–Kier alpha value is -0.960. The van der Waals surface area contributed by atoms with Crippen molar-refractivity contribution in [1.82, 2.24) is 0 Å². The van der Waals surface area contributed by atoms with Gasteiger partial charge in [-0.05, 0) is 38.3 Å². The molecule has 0 amide bonds. The lowest BCUT2D eigenvalue weighted by Gasteiger charge is -2.21. The molecule has 0 aromatic heterocycles. The zero-order valence-electron chi connectivity index (χ0n) is 10.1. The summed E-state index contributed by atoms with van der Waals surface area (Å²) in [5.74, 6) is 0. The van der Waals surface area contributed by atoms with E-state index in [0.29, 0.717) is 11.4 Å². The van der Waals surface area contributed by atoms with Crippen LogP contribution in [0.3, 0.4) is 0 Å². The monoisotopic (exact) mass is 247 g/mol. The molecule has 0 spiro atoms. The van der Waals surface area contributed by atoms with Gasteiger partial charge in [0, 0.05) is 0 Å². The van der Waals surface area contributed by atoms with Gasteiger partial charge in [-0.15, -0.1) is 0 Å². The molecule has 3 rings (SSSR count). The van der Waals surface area contributed by atoms with Crippen LogP contribution in [0.4, 0.5) is 5.69 Å². The van der Waals surface area contributed by atoms with E-state index >= 15 is 0 Å². The second kappa shape index (κ2) is 4.73. The van der Waals surface area contributed by atoms with Crippen LogP contribution in [-0.4, -0.2) is 16.6 Å². The zero-order valence-corrected chi connectivity index (χ0v) is 10.9. The van der Waals surface area contributed by atoms with Crippen molar-refractivity contribution >= 4 is 22.7 Å². The molecule has 1 heterocycles. The Kier molecular flexibility index (Phi) is 3.10. The summed E-state index contributed by atoms with van der Waals surface area (Å²) in [7, 11) is 0. The Bertz CT molecular complexity index is 410. The van der Waals surface area contributed by atoms with Crippen molar-refractivity contribution in [3.05, 3.63) is 29.8 Å². The first-order valence-corrected chi connectivity index (χ1v) is 7.18. The first-order chi connectivity index (χ1) is 8.31. The molecule has 1 aliphatic carbocycles. The smallest absolute Gasteiger partial charge is 0.251 e. The maximum atomic E-state index is 5.91. The van der Waals surface area contributed by atoms with E-state index < -0.39 is 0 Å². The third-order valence-electron chi connectivity index (χ3n) is 3.40. The number of thioether (sulfide) groups is 1. The highest BCUT2D eigenvalue weighted by Crippen LogP contribution is 2.39. The SMILES string of the molecule is Cc1ccc(N=C2OC3CCCCC3S2)cc1. The molecule has 3 heteroatoms. The number of aliphatic imine (C=N–C) groups is 1. The van der Waals surface area contributed by atoms with Gasteiger partial charge in [-0.3, -0.25) is 0 Å². The Labute approximate surface area is 106 Å². The molecule has 2 unspecified atom stereocenters. The van der Waals surface area contributed by atoms with Gasteiger partial charge in [0.25, 0.3) is 5.23 Å². The molecule has 2 fully saturated rings. The summed E-state index contributed by atoms with van der Waals surface area (Å²) in [6, 6.07) is 8.28. The van der Waals surface area contributed by atoms with Crippen LogP contribution in [0.25, 0.3) is 0 Å². The second-order valence-corrected chi connectivity index (χ2v) is 6.00. The number of fused-ring (bicyclic) bond motifs is 1. The van der Waals surface area contributed by atoms with Crippen LogP contribution in [-0.2, 0) is 4.74 Å². The number of hydrogen-bond donors (Lipinski definition) is 0. The van der Waals surface area contributed by atoms with E-state index in [1.54, 1.807) is 0 Å². The Morgan fingerprint density at radius 2 is 1.94 bits per heavy atom. The van der Waals surface area contributed by atoms with Crippen LogP contribution in [0.15, 0.2) is 29.3 Å². The topological polar surface area (TPSA) is 21.6 Å². The lowest BCUT2D eigenvalue weighted by molar-refractivity contribution is 0.167. The fourth-order valence-corrected chi connectivity index (χ4v) is 3.62. The first-order valence-electron chi connectivity index (χ1n) is 6.30. The molecule has 1 saturated heterocycles. The van der Waals surface area contributed by atoms with Gasteiger partial charge in [0.1, 0.15) is 6.10 Å². The number of hydrogen-bond acceptors (Lipinski definition) is 3. The fourth-order valence-electron chi connectivity index (χ4n) is 2.40. The molecule has 2 atom stereocenters. The van der Waals surface area contributed by atoms with Crippen LogP contribution >= 0.6 is 11.8 Å². The van der Waals surface area contributed by atoms with Crippen molar-refractivity contribution in [3.63, 3.8) is 0 Å². The summed E-state index contributed by atoms with van der Waals surface area (Å²) in [6.45, 7) is 2.09. The zero-order chi connectivity index (χ0) is 11.7.